The molecule has 5 heteroatoms. The quantitative estimate of drug-likeness (QED) is 0.477. The molecular weight excluding hydrogens is 369 g/mol. The molecule has 0 radical (unpaired) electrons. The molecule has 3 N–H and O–H groups in total. The molecule has 0 saturated heterocycles. The lowest BCUT2D eigenvalue weighted by atomic mass is 10.2. The zero-order valence-corrected chi connectivity index (χ0v) is 14.2. The average Bonchev–Trinajstić information content (AvgIpc) is 2.73. The fourth-order valence-electron chi connectivity index (χ4n) is 1.64. The normalized spacial score (nSPS) is 10.9. The molecule has 1 heterocycles. The standard InChI is InChI=1S/C14H17N3S.HI/c1-10-4-3-5-12(8-10)17-14(15)16-9-13-7-6-11(2)18-13;/h3-8H,9H2,1-2H3,(H3,15,16,17);1H. The molecule has 0 saturated carbocycles. The van der Waals surface area contributed by atoms with Crippen LogP contribution in [0.15, 0.2) is 41.4 Å². The molecule has 1 aromatic heterocycles. The van der Waals surface area contributed by atoms with Gasteiger partial charge in [0.2, 0.25) is 0 Å². The molecule has 0 spiro atoms. The van der Waals surface area contributed by atoms with E-state index in [9.17, 15) is 0 Å². The van der Waals surface area contributed by atoms with E-state index in [4.69, 9.17) is 5.73 Å². The van der Waals surface area contributed by atoms with Crippen molar-refractivity contribution in [2.24, 2.45) is 10.7 Å². The first-order valence-electron chi connectivity index (χ1n) is 5.82. The van der Waals surface area contributed by atoms with Crippen molar-refractivity contribution < 1.29 is 0 Å². The van der Waals surface area contributed by atoms with Crippen LogP contribution in [0.25, 0.3) is 0 Å². The van der Waals surface area contributed by atoms with Gasteiger partial charge in [-0.3, -0.25) is 0 Å². The highest BCUT2D eigenvalue weighted by atomic mass is 127. The zero-order chi connectivity index (χ0) is 13.0. The number of nitrogens with one attached hydrogen (secondary N) is 1. The largest absolute Gasteiger partial charge is 0.370 e. The summed E-state index contributed by atoms with van der Waals surface area (Å²) in [6, 6.07) is 12.2. The van der Waals surface area contributed by atoms with Crippen molar-refractivity contribution in [3.63, 3.8) is 0 Å². The maximum absolute atomic E-state index is 5.85. The minimum absolute atomic E-state index is 0. The molecule has 0 unspecified atom stereocenters. The lowest BCUT2D eigenvalue weighted by molar-refractivity contribution is 1.09. The Balaban J connectivity index is 0.00000180. The van der Waals surface area contributed by atoms with Gasteiger partial charge in [-0.15, -0.1) is 35.3 Å². The highest BCUT2D eigenvalue weighted by molar-refractivity contribution is 14.0. The molecule has 0 aliphatic heterocycles. The van der Waals surface area contributed by atoms with Gasteiger partial charge < -0.3 is 11.1 Å². The van der Waals surface area contributed by atoms with Crippen LogP contribution in [0.4, 0.5) is 5.69 Å². The van der Waals surface area contributed by atoms with Crippen LogP contribution in [0.3, 0.4) is 0 Å². The van der Waals surface area contributed by atoms with Gasteiger partial charge in [-0.2, -0.15) is 0 Å². The van der Waals surface area contributed by atoms with Crippen molar-refractivity contribution in [2.75, 3.05) is 5.32 Å². The van der Waals surface area contributed by atoms with E-state index in [2.05, 4.69) is 29.4 Å². The first kappa shape index (κ1) is 16.0. The van der Waals surface area contributed by atoms with Gasteiger partial charge in [-0.25, -0.2) is 4.99 Å². The second-order valence-electron chi connectivity index (χ2n) is 4.21. The van der Waals surface area contributed by atoms with E-state index in [1.165, 1.54) is 15.3 Å². The Labute approximate surface area is 135 Å². The van der Waals surface area contributed by atoms with E-state index in [0.29, 0.717) is 12.5 Å². The molecule has 0 amide bonds. The first-order chi connectivity index (χ1) is 8.63. The number of hydrogen-bond acceptors (Lipinski definition) is 2. The Morgan fingerprint density at radius 3 is 2.68 bits per heavy atom. The van der Waals surface area contributed by atoms with Gasteiger partial charge in [0.1, 0.15) is 0 Å². The number of aryl methyl sites for hydroxylation is 2. The average molecular weight is 387 g/mol. The summed E-state index contributed by atoms with van der Waals surface area (Å²) in [4.78, 5) is 6.85. The summed E-state index contributed by atoms with van der Waals surface area (Å²) in [5.41, 5.74) is 8.02. The third kappa shape index (κ3) is 5.20. The van der Waals surface area contributed by atoms with Crippen LogP contribution < -0.4 is 11.1 Å². The third-order valence-corrected chi connectivity index (χ3v) is 3.48. The van der Waals surface area contributed by atoms with Gasteiger partial charge >= 0.3 is 0 Å². The van der Waals surface area contributed by atoms with Gasteiger partial charge in [-0.05, 0) is 43.7 Å². The molecule has 1 aromatic carbocycles. The Morgan fingerprint density at radius 2 is 2.05 bits per heavy atom. The molecular formula is C14H18IN3S. The number of guanidine groups is 1. The molecule has 0 fully saturated rings. The predicted octanol–water partition coefficient (Wildman–Crippen LogP) is 3.91. The van der Waals surface area contributed by atoms with Crippen molar-refractivity contribution in [1.82, 2.24) is 0 Å². The second kappa shape index (κ2) is 7.49. The molecule has 2 rings (SSSR count). The summed E-state index contributed by atoms with van der Waals surface area (Å²) in [6.45, 7) is 4.77. The first-order valence-corrected chi connectivity index (χ1v) is 6.64. The maximum atomic E-state index is 5.85. The SMILES string of the molecule is Cc1cccc(NC(N)=NCc2ccc(C)s2)c1.I. The van der Waals surface area contributed by atoms with Gasteiger partial charge in [0, 0.05) is 15.4 Å². The number of nitrogens with two attached hydrogens (primary N) is 1. The number of benzene rings is 1. The van der Waals surface area contributed by atoms with Crippen LogP contribution in [-0.2, 0) is 6.54 Å². The number of halogens is 1. The fraction of sp³-hybridized carbons (Fsp3) is 0.214. The van der Waals surface area contributed by atoms with E-state index in [0.717, 1.165) is 5.69 Å². The van der Waals surface area contributed by atoms with Gasteiger partial charge in [-0.1, -0.05) is 12.1 Å². The highest BCUT2D eigenvalue weighted by Crippen LogP contribution is 2.16. The monoisotopic (exact) mass is 387 g/mol. The van der Waals surface area contributed by atoms with Crippen LogP contribution in [0.2, 0.25) is 0 Å². The van der Waals surface area contributed by atoms with E-state index >= 15 is 0 Å². The third-order valence-electron chi connectivity index (χ3n) is 2.49. The van der Waals surface area contributed by atoms with Gasteiger partial charge in [0.05, 0.1) is 6.54 Å². The van der Waals surface area contributed by atoms with Crippen LogP contribution in [0, 0.1) is 13.8 Å². The van der Waals surface area contributed by atoms with Crippen LogP contribution in [0.1, 0.15) is 15.3 Å². The van der Waals surface area contributed by atoms with E-state index in [1.54, 1.807) is 11.3 Å². The van der Waals surface area contributed by atoms with E-state index in [1.807, 2.05) is 31.2 Å². The number of nitrogens with zero attached hydrogens (tertiary/aromatic N) is 1. The zero-order valence-electron chi connectivity index (χ0n) is 11.0. The molecule has 0 aliphatic rings. The molecule has 102 valence electrons. The van der Waals surface area contributed by atoms with Gasteiger partial charge in [0.15, 0.2) is 5.96 Å². The molecule has 2 aromatic rings. The van der Waals surface area contributed by atoms with Crippen molar-refractivity contribution in [2.45, 2.75) is 20.4 Å². The Hall–Kier alpha value is -1.08. The summed E-state index contributed by atoms with van der Waals surface area (Å²) in [5, 5.41) is 3.09. The number of hydrogen-bond donors (Lipinski definition) is 2. The fourth-order valence-corrected chi connectivity index (χ4v) is 2.46. The van der Waals surface area contributed by atoms with Crippen molar-refractivity contribution >= 4 is 47.0 Å². The topological polar surface area (TPSA) is 50.4 Å². The molecule has 0 aliphatic carbocycles. The van der Waals surface area contributed by atoms with E-state index < -0.39 is 0 Å². The Morgan fingerprint density at radius 1 is 1.26 bits per heavy atom. The molecule has 19 heavy (non-hydrogen) atoms. The summed E-state index contributed by atoms with van der Waals surface area (Å²) < 4.78 is 0. The summed E-state index contributed by atoms with van der Waals surface area (Å²) in [5.74, 6) is 0.451. The summed E-state index contributed by atoms with van der Waals surface area (Å²) in [7, 11) is 0. The predicted molar refractivity (Wildman–Crippen MR) is 94.6 cm³/mol. The van der Waals surface area contributed by atoms with E-state index in [-0.39, 0.29) is 24.0 Å². The Kier molecular flexibility index (Phi) is 6.30. The number of thiophene rings is 1. The lowest BCUT2D eigenvalue weighted by Gasteiger charge is -2.05. The second-order valence-corrected chi connectivity index (χ2v) is 5.58. The molecule has 3 nitrogen and oxygen atoms in total. The van der Waals surface area contributed by atoms with Crippen LogP contribution in [-0.4, -0.2) is 5.96 Å². The van der Waals surface area contributed by atoms with Crippen molar-refractivity contribution in [3.8, 4) is 0 Å². The maximum Gasteiger partial charge on any atom is 0.193 e. The molecule has 0 bridgehead atoms. The van der Waals surface area contributed by atoms with Crippen molar-refractivity contribution in [1.29, 1.82) is 0 Å². The van der Waals surface area contributed by atoms with Crippen LogP contribution in [0.5, 0.6) is 0 Å². The number of rotatable bonds is 3. The van der Waals surface area contributed by atoms with Gasteiger partial charge in [0.25, 0.3) is 0 Å². The number of anilines is 1. The van der Waals surface area contributed by atoms with Crippen LogP contribution >= 0.6 is 35.3 Å². The Bertz CT molecular complexity index is 563. The number of aliphatic imine (C=N–C) groups is 1. The minimum Gasteiger partial charge on any atom is -0.370 e. The summed E-state index contributed by atoms with van der Waals surface area (Å²) >= 11 is 1.75. The molecule has 0 atom stereocenters. The summed E-state index contributed by atoms with van der Waals surface area (Å²) in [6.07, 6.45) is 0. The lowest BCUT2D eigenvalue weighted by Crippen LogP contribution is -2.22. The minimum atomic E-state index is 0. The van der Waals surface area contributed by atoms with Crippen molar-refractivity contribution in [3.05, 3.63) is 51.7 Å². The highest BCUT2D eigenvalue weighted by Gasteiger charge is 1.97. The smallest absolute Gasteiger partial charge is 0.193 e.